The van der Waals surface area contributed by atoms with E-state index in [9.17, 15) is 4.79 Å². The molecule has 5 rings (SSSR count). The quantitative estimate of drug-likeness (QED) is 0.203. The van der Waals surface area contributed by atoms with Crippen molar-refractivity contribution < 1.29 is 4.52 Å². The SMILES string of the molecule is C=CCn1c(=O)c2ccccc2n2c(SCCCc3nc(-c4ccncc4)no3)nnc12. The molecule has 4 heterocycles. The lowest BCUT2D eigenvalue weighted by atomic mass is 10.2. The van der Waals surface area contributed by atoms with Crippen molar-refractivity contribution in [3.05, 3.63) is 77.7 Å². The molecular weight excluding hydrogens is 426 g/mol. The molecule has 0 spiro atoms. The second kappa shape index (κ2) is 8.75. The molecule has 0 aliphatic rings. The predicted octanol–water partition coefficient (Wildman–Crippen LogP) is 3.40. The van der Waals surface area contributed by atoms with Gasteiger partial charge in [-0.1, -0.05) is 35.1 Å². The van der Waals surface area contributed by atoms with Gasteiger partial charge < -0.3 is 4.52 Å². The first-order valence-corrected chi connectivity index (χ1v) is 11.1. The number of aryl methyl sites for hydroxylation is 1. The molecule has 5 aromatic rings. The van der Waals surface area contributed by atoms with Crippen LogP contribution >= 0.6 is 11.8 Å². The van der Waals surface area contributed by atoms with E-state index in [1.165, 1.54) is 0 Å². The molecule has 160 valence electrons. The van der Waals surface area contributed by atoms with E-state index in [4.69, 9.17) is 4.52 Å². The fourth-order valence-electron chi connectivity index (χ4n) is 3.48. The van der Waals surface area contributed by atoms with Gasteiger partial charge in [-0.15, -0.1) is 16.8 Å². The number of hydrogen-bond donors (Lipinski definition) is 0. The highest BCUT2D eigenvalue weighted by atomic mass is 32.2. The van der Waals surface area contributed by atoms with Gasteiger partial charge >= 0.3 is 0 Å². The minimum atomic E-state index is -0.0988. The van der Waals surface area contributed by atoms with Crippen LogP contribution in [0.3, 0.4) is 0 Å². The van der Waals surface area contributed by atoms with Crippen molar-refractivity contribution in [1.82, 2.24) is 34.3 Å². The van der Waals surface area contributed by atoms with Crippen LogP contribution in [0.25, 0.3) is 28.1 Å². The van der Waals surface area contributed by atoms with Crippen molar-refractivity contribution in [3.8, 4) is 11.4 Å². The van der Waals surface area contributed by atoms with Gasteiger partial charge in [-0.05, 0) is 30.7 Å². The summed E-state index contributed by atoms with van der Waals surface area (Å²) in [5.41, 5.74) is 1.56. The Labute approximate surface area is 186 Å². The van der Waals surface area contributed by atoms with E-state index < -0.39 is 0 Å². The smallest absolute Gasteiger partial charge is 0.263 e. The highest BCUT2D eigenvalue weighted by Crippen LogP contribution is 2.23. The molecule has 0 atom stereocenters. The monoisotopic (exact) mass is 445 g/mol. The molecule has 0 aliphatic carbocycles. The number of hydrogen-bond acceptors (Lipinski definition) is 8. The largest absolute Gasteiger partial charge is 0.339 e. The number of benzene rings is 1. The average molecular weight is 446 g/mol. The number of pyridine rings is 1. The summed E-state index contributed by atoms with van der Waals surface area (Å²) in [4.78, 5) is 21.3. The minimum Gasteiger partial charge on any atom is -0.339 e. The Morgan fingerprint density at radius 2 is 1.97 bits per heavy atom. The number of thioether (sulfide) groups is 1. The Bertz CT molecular complexity index is 1460. The third kappa shape index (κ3) is 3.69. The summed E-state index contributed by atoms with van der Waals surface area (Å²) in [6, 6.07) is 11.2. The average Bonchev–Trinajstić information content (AvgIpc) is 3.48. The number of rotatable bonds is 8. The Morgan fingerprint density at radius 1 is 1.12 bits per heavy atom. The third-order valence-corrected chi connectivity index (χ3v) is 5.98. The normalized spacial score (nSPS) is 11.4. The topological polar surface area (TPSA) is 104 Å². The summed E-state index contributed by atoms with van der Waals surface area (Å²) in [5.74, 6) is 2.44. The summed E-state index contributed by atoms with van der Waals surface area (Å²) in [6.45, 7) is 4.12. The lowest BCUT2D eigenvalue weighted by Crippen LogP contribution is -2.22. The van der Waals surface area contributed by atoms with Crippen molar-refractivity contribution in [2.75, 3.05) is 5.75 Å². The number of para-hydroxylation sites is 1. The Hall–Kier alpha value is -3.79. The second-order valence-electron chi connectivity index (χ2n) is 7.04. The summed E-state index contributed by atoms with van der Waals surface area (Å²) in [5, 5.41) is 14.0. The van der Waals surface area contributed by atoms with Crippen LogP contribution in [0.5, 0.6) is 0 Å². The van der Waals surface area contributed by atoms with E-state index in [1.54, 1.807) is 34.8 Å². The van der Waals surface area contributed by atoms with Crippen LogP contribution < -0.4 is 5.56 Å². The highest BCUT2D eigenvalue weighted by Gasteiger charge is 2.16. The molecule has 10 heteroatoms. The third-order valence-electron chi connectivity index (χ3n) is 4.96. The fourth-order valence-corrected chi connectivity index (χ4v) is 4.36. The van der Waals surface area contributed by atoms with Crippen LogP contribution in [0.1, 0.15) is 12.3 Å². The van der Waals surface area contributed by atoms with E-state index in [-0.39, 0.29) is 5.56 Å². The molecule has 1 aromatic carbocycles. The van der Waals surface area contributed by atoms with Crippen molar-refractivity contribution in [2.45, 2.75) is 24.5 Å². The maximum atomic E-state index is 12.9. The van der Waals surface area contributed by atoms with Gasteiger partial charge in [0.2, 0.25) is 17.5 Å². The van der Waals surface area contributed by atoms with Crippen LogP contribution in [0, 0.1) is 0 Å². The Balaban J connectivity index is 1.34. The number of nitrogens with zero attached hydrogens (tertiary/aromatic N) is 7. The van der Waals surface area contributed by atoms with Crippen molar-refractivity contribution in [1.29, 1.82) is 0 Å². The summed E-state index contributed by atoms with van der Waals surface area (Å²) in [6.07, 6.45) is 6.56. The molecule has 0 fully saturated rings. The van der Waals surface area contributed by atoms with Crippen LogP contribution in [-0.2, 0) is 13.0 Å². The van der Waals surface area contributed by atoms with Crippen LogP contribution in [0.4, 0.5) is 0 Å². The summed E-state index contributed by atoms with van der Waals surface area (Å²) in [7, 11) is 0. The van der Waals surface area contributed by atoms with Gasteiger partial charge in [0.05, 0.1) is 10.9 Å². The maximum Gasteiger partial charge on any atom is 0.263 e. The van der Waals surface area contributed by atoms with Crippen LogP contribution in [0.2, 0.25) is 0 Å². The second-order valence-corrected chi connectivity index (χ2v) is 8.10. The van der Waals surface area contributed by atoms with Gasteiger partial charge in [0.25, 0.3) is 5.56 Å². The van der Waals surface area contributed by atoms with Gasteiger partial charge in [-0.25, -0.2) is 0 Å². The molecule has 0 N–H and O–H groups in total. The zero-order valence-electron chi connectivity index (χ0n) is 17.1. The fraction of sp³-hybridized carbons (Fsp3) is 0.182. The minimum absolute atomic E-state index is 0.0988. The molecule has 0 saturated heterocycles. The molecule has 0 bridgehead atoms. The van der Waals surface area contributed by atoms with E-state index in [0.29, 0.717) is 35.8 Å². The lowest BCUT2D eigenvalue weighted by molar-refractivity contribution is 0.378. The molecule has 32 heavy (non-hydrogen) atoms. The zero-order chi connectivity index (χ0) is 21.9. The van der Waals surface area contributed by atoms with Gasteiger partial charge in [-0.3, -0.25) is 18.7 Å². The first kappa shape index (κ1) is 20.1. The molecule has 0 radical (unpaired) electrons. The zero-order valence-corrected chi connectivity index (χ0v) is 17.9. The van der Waals surface area contributed by atoms with Crippen molar-refractivity contribution in [3.63, 3.8) is 0 Å². The predicted molar refractivity (Wildman–Crippen MR) is 122 cm³/mol. The van der Waals surface area contributed by atoms with Gasteiger partial charge in [0.15, 0.2) is 5.16 Å². The van der Waals surface area contributed by atoms with E-state index in [0.717, 1.165) is 28.4 Å². The maximum absolute atomic E-state index is 12.9. The molecule has 0 unspecified atom stereocenters. The molecule has 0 amide bonds. The first-order chi connectivity index (χ1) is 15.8. The van der Waals surface area contributed by atoms with E-state index in [2.05, 4.69) is 31.9 Å². The van der Waals surface area contributed by atoms with Crippen LogP contribution in [-0.4, -0.2) is 40.0 Å². The number of allylic oxidation sites excluding steroid dienone is 1. The summed E-state index contributed by atoms with van der Waals surface area (Å²) < 4.78 is 8.89. The van der Waals surface area contributed by atoms with Gasteiger partial charge in [0, 0.05) is 36.7 Å². The van der Waals surface area contributed by atoms with Gasteiger partial charge in [-0.2, -0.15) is 4.98 Å². The number of aromatic nitrogens is 7. The van der Waals surface area contributed by atoms with Gasteiger partial charge in [0.1, 0.15) is 0 Å². The molecule has 0 saturated carbocycles. The van der Waals surface area contributed by atoms with E-state index in [1.807, 2.05) is 40.8 Å². The Morgan fingerprint density at radius 3 is 2.81 bits per heavy atom. The highest BCUT2D eigenvalue weighted by molar-refractivity contribution is 7.99. The van der Waals surface area contributed by atoms with Crippen molar-refractivity contribution in [2.24, 2.45) is 0 Å². The molecule has 4 aromatic heterocycles. The van der Waals surface area contributed by atoms with Crippen molar-refractivity contribution >= 4 is 28.4 Å². The van der Waals surface area contributed by atoms with Crippen LogP contribution in [0.15, 0.2) is 75.9 Å². The Kier molecular flexibility index (Phi) is 5.51. The molecular formula is C22H19N7O2S. The standard InChI is InChI=1S/C22H19N7O2S/c1-2-13-28-20(30)16-6-3-4-7-17(16)29-21(28)25-26-22(29)32-14-5-8-18-24-19(27-31-18)15-9-11-23-12-10-15/h2-4,6-7,9-12H,1,5,8,13-14H2. The first-order valence-electron chi connectivity index (χ1n) is 10.1. The number of fused-ring (bicyclic) bond motifs is 3. The summed E-state index contributed by atoms with van der Waals surface area (Å²) >= 11 is 1.58. The molecule has 9 nitrogen and oxygen atoms in total. The molecule has 0 aliphatic heterocycles. The lowest BCUT2D eigenvalue weighted by Gasteiger charge is -2.09. The van der Waals surface area contributed by atoms with E-state index >= 15 is 0 Å².